The minimum absolute atomic E-state index is 0.0783. The predicted molar refractivity (Wildman–Crippen MR) is 82.2 cm³/mol. The Kier molecular flexibility index (Phi) is 6.58. The molecule has 0 bridgehead atoms. The van der Waals surface area contributed by atoms with E-state index < -0.39 is 8.56 Å². The number of rotatable bonds is 8. The highest BCUT2D eigenvalue weighted by Crippen LogP contribution is 2.57. The number of hydrogen-bond donors (Lipinski definition) is 0. The lowest BCUT2D eigenvalue weighted by molar-refractivity contribution is 0.105. The highest BCUT2D eigenvalue weighted by Gasteiger charge is 2.59. The van der Waals surface area contributed by atoms with Crippen molar-refractivity contribution in [2.45, 2.75) is 79.3 Å². The van der Waals surface area contributed by atoms with Crippen LogP contribution in [0, 0.1) is 5.41 Å². The molecule has 0 unspecified atom stereocenters. The highest BCUT2D eigenvalue weighted by molar-refractivity contribution is 6.72. The third-order valence-corrected chi connectivity index (χ3v) is 10.3. The highest BCUT2D eigenvalue weighted by atomic mass is 28.4. The lowest BCUT2D eigenvalue weighted by Crippen LogP contribution is -2.58. The van der Waals surface area contributed by atoms with Crippen LogP contribution in [0.2, 0.25) is 10.6 Å². The van der Waals surface area contributed by atoms with Gasteiger partial charge in [-0.05, 0) is 24.8 Å². The molecule has 0 rings (SSSR count). The van der Waals surface area contributed by atoms with Crippen LogP contribution in [0.15, 0.2) is 0 Å². The van der Waals surface area contributed by atoms with Crippen molar-refractivity contribution < 1.29 is 8.85 Å². The molecule has 0 fully saturated rings. The Labute approximate surface area is 116 Å². The molecule has 0 aromatic carbocycles. The van der Waals surface area contributed by atoms with Crippen LogP contribution >= 0.6 is 0 Å². The summed E-state index contributed by atoms with van der Waals surface area (Å²) >= 11 is 0. The van der Waals surface area contributed by atoms with Gasteiger partial charge in [-0.15, -0.1) is 0 Å². The second kappa shape index (κ2) is 6.53. The van der Waals surface area contributed by atoms with Gasteiger partial charge in [0.1, 0.15) is 0 Å². The average Bonchev–Trinajstić information content (AvgIpc) is 2.27. The molecule has 0 aromatic rings. The molecule has 0 aromatic heterocycles. The molecule has 0 saturated heterocycles. The van der Waals surface area contributed by atoms with E-state index in [4.69, 9.17) is 8.85 Å². The Bertz CT molecular complexity index is 241. The molecule has 110 valence electrons. The Balaban J connectivity index is 5.66. The molecule has 0 amide bonds. The fraction of sp³-hybridized carbons (Fsp3) is 1.00. The largest absolute Gasteiger partial charge is 0.394 e. The van der Waals surface area contributed by atoms with E-state index in [0.29, 0.717) is 5.54 Å². The first-order valence-corrected chi connectivity index (χ1v) is 9.30. The van der Waals surface area contributed by atoms with Crippen LogP contribution in [0.25, 0.3) is 0 Å². The van der Waals surface area contributed by atoms with Crippen LogP contribution in [0.1, 0.15) is 68.7 Å². The van der Waals surface area contributed by atoms with Crippen LogP contribution in [0.5, 0.6) is 0 Å². The summed E-state index contributed by atoms with van der Waals surface area (Å²) in [4.78, 5) is 0. The van der Waals surface area contributed by atoms with Crippen LogP contribution in [-0.2, 0) is 8.85 Å². The third-order valence-electron chi connectivity index (χ3n) is 4.92. The van der Waals surface area contributed by atoms with E-state index in [9.17, 15) is 0 Å². The summed E-state index contributed by atoms with van der Waals surface area (Å²) in [6.07, 6.45) is 1.14. The van der Waals surface area contributed by atoms with E-state index >= 15 is 0 Å². The third kappa shape index (κ3) is 2.99. The smallest absolute Gasteiger partial charge is 0.347 e. The van der Waals surface area contributed by atoms with Crippen molar-refractivity contribution >= 4 is 8.56 Å². The van der Waals surface area contributed by atoms with Crippen LogP contribution in [0.4, 0.5) is 0 Å². The molecule has 0 atom stereocenters. The van der Waals surface area contributed by atoms with Crippen molar-refractivity contribution in [3.05, 3.63) is 0 Å². The zero-order valence-corrected chi connectivity index (χ0v) is 15.0. The molecule has 0 aliphatic rings. The quantitative estimate of drug-likeness (QED) is 0.571. The molecular weight excluding hydrogens is 240 g/mol. The van der Waals surface area contributed by atoms with E-state index in [1.165, 1.54) is 0 Å². The van der Waals surface area contributed by atoms with Gasteiger partial charge in [0.25, 0.3) is 0 Å². The second-order valence-corrected chi connectivity index (χ2v) is 10.9. The van der Waals surface area contributed by atoms with Gasteiger partial charge in [0, 0.05) is 18.3 Å². The maximum absolute atomic E-state index is 6.30. The van der Waals surface area contributed by atoms with Gasteiger partial charge >= 0.3 is 8.56 Å². The fourth-order valence-corrected chi connectivity index (χ4v) is 7.69. The molecule has 0 radical (unpaired) electrons. The van der Waals surface area contributed by atoms with Gasteiger partial charge in [-0.3, -0.25) is 0 Å². The van der Waals surface area contributed by atoms with Gasteiger partial charge in [0.15, 0.2) is 0 Å². The van der Waals surface area contributed by atoms with Crippen molar-refractivity contribution in [3.63, 3.8) is 0 Å². The van der Waals surface area contributed by atoms with Crippen molar-refractivity contribution in [1.29, 1.82) is 0 Å². The molecule has 18 heavy (non-hydrogen) atoms. The van der Waals surface area contributed by atoms with Gasteiger partial charge in [-0.1, -0.05) is 54.9 Å². The monoisotopic (exact) mass is 274 g/mol. The summed E-state index contributed by atoms with van der Waals surface area (Å²) < 4.78 is 12.6. The van der Waals surface area contributed by atoms with Crippen LogP contribution in [-0.4, -0.2) is 21.8 Å². The Morgan fingerprint density at radius 1 is 0.889 bits per heavy atom. The first-order valence-electron chi connectivity index (χ1n) is 7.40. The van der Waals surface area contributed by atoms with Gasteiger partial charge in [0.2, 0.25) is 0 Å². The Morgan fingerprint density at radius 3 is 1.50 bits per heavy atom. The first kappa shape index (κ1) is 18.1. The maximum Gasteiger partial charge on any atom is 0.347 e. The molecule has 2 nitrogen and oxygen atoms in total. The molecule has 3 heteroatoms. The fourth-order valence-electron chi connectivity index (χ4n) is 2.80. The molecule has 0 aliphatic carbocycles. The van der Waals surface area contributed by atoms with Crippen molar-refractivity contribution in [2.75, 3.05) is 13.2 Å². The molecule has 0 aliphatic heterocycles. The number of hydrogen-bond acceptors (Lipinski definition) is 2. The zero-order chi connectivity index (χ0) is 14.6. The van der Waals surface area contributed by atoms with E-state index in [0.717, 1.165) is 19.6 Å². The summed E-state index contributed by atoms with van der Waals surface area (Å²) in [5.74, 6) is 0. The molecule has 0 saturated carbocycles. The minimum Gasteiger partial charge on any atom is -0.394 e. The summed E-state index contributed by atoms with van der Waals surface area (Å²) in [7, 11) is -2.26. The minimum atomic E-state index is -2.26. The van der Waals surface area contributed by atoms with Gasteiger partial charge < -0.3 is 8.85 Å². The predicted octanol–water partition coefficient (Wildman–Crippen LogP) is 5.13. The SMILES string of the molecule is CCO[Si](OCC)(C(C)C)C(C)(C)C(C)(C)CC. The maximum atomic E-state index is 6.30. The molecule has 0 heterocycles. The van der Waals surface area contributed by atoms with E-state index in [1.807, 2.05) is 0 Å². The van der Waals surface area contributed by atoms with Crippen LogP contribution < -0.4 is 0 Å². The molecule has 0 spiro atoms. The molecule has 0 N–H and O–H groups in total. The Hall–Kier alpha value is 0.137. The van der Waals surface area contributed by atoms with Crippen molar-refractivity contribution in [1.82, 2.24) is 0 Å². The van der Waals surface area contributed by atoms with E-state index in [-0.39, 0.29) is 10.5 Å². The van der Waals surface area contributed by atoms with Crippen molar-refractivity contribution in [3.8, 4) is 0 Å². The topological polar surface area (TPSA) is 18.5 Å². The summed E-state index contributed by atoms with van der Waals surface area (Å²) in [6.45, 7) is 21.8. The summed E-state index contributed by atoms with van der Waals surface area (Å²) in [5, 5.41) is 0.0783. The van der Waals surface area contributed by atoms with Gasteiger partial charge in [-0.2, -0.15) is 0 Å². The van der Waals surface area contributed by atoms with E-state index in [2.05, 4.69) is 62.3 Å². The summed E-state index contributed by atoms with van der Waals surface area (Å²) in [5.41, 5.74) is 0.673. The zero-order valence-electron chi connectivity index (χ0n) is 14.0. The normalized spacial score (nSPS) is 14.3. The van der Waals surface area contributed by atoms with E-state index in [1.54, 1.807) is 0 Å². The van der Waals surface area contributed by atoms with Crippen molar-refractivity contribution in [2.24, 2.45) is 5.41 Å². The lowest BCUT2D eigenvalue weighted by Gasteiger charge is -2.53. The van der Waals surface area contributed by atoms with Gasteiger partial charge in [0.05, 0.1) is 0 Å². The standard InChI is InChI=1S/C15H34O2Si/c1-10-14(6,7)15(8,9)18(13(4)5,16-11-2)17-12-3/h13H,10-12H2,1-9H3. The van der Waals surface area contributed by atoms with Crippen LogP contribution in [0.3, 0.4) is 0 Å². The Morgan fingerprint density at radius 2 is 1.28 bits per heavy atom. The average molecular weight is 275 g/mol. The first-order chi connectivity index (χ1) is 8.13. The second-order valence-electron chi connectivity index (χ2n) is 6.55. The molecular formula is C15H34O2Si. The summed E-state index contributed by atoms with van der Waals surface area (Å²) in [6, 6.07) is 0. The van der Waals surface area contributed by atoms with Gasteiger partial charge in [-0.25, -0.2) is 0 Å². The lowest BCUT2D eigenvalue weighted by atomic mass is 9.78.